The molecule has 24 heavy (non-hydrogen) atoms. The SMILES string of the molecule is CCC1(c2ccc(OC)cc2)OC2(CCCCC2)c2ccccc21. The lowest BCUT2D eigenvalue weighted by Gasteiger charge is -2.38. The number of hydrogen-bond donors (Lipinski definition) is 0. The van der Waals surface area contributed by atoms with Crippen molar-refractivity contribution < 1.29 is 9.47 Å². The molecule has 1 aliphatic heterocycles. The van der Waals surface area contributed by atoms with Crippen LogP contribution in [0.5, 0.6) is 5.75 Å². The van der Waals surface area contributed by atoms with E-state index in [4.69, 9.17) is 9.47 Å². The Hall–Kier alpha value is -1.80. The number of methoxy groups -OCH3 is 1. The summed E-state index contributed by atoms with van der Waals surface area (Å²) in [5, 5.41) is 0. The van der Waals surface area contributed by atoms with E-state index in [2.05, 4.69) is 43.3 Å². The minimum absolute atomic E-state index is 0.0925. The number of hydrogen-bond acceptors (Lipinski definition) is 2. The number of rotatable bonds is 3. The van der Waals surface area contributed by atoms with Crippen LogP contribution in [0, 0.1) is 0 Å². The van der Waals surface area contributed by atoms with Crippen molar-refractivity contribution in [1.29, 1.82) is 0 Å². The Labute approximate surface area is 144 Å². The zero-order valence-electron chi connectivity index (χ0n) is 14.7. The second-order valence-corrected chi connectivity index (χ2v) is 7.11. The van der Waals surface area contributed by atoms with E-state index >= 15 is 0 Å². The summed E-state index contributed by atoms with van der Waals surface area (Å²) in [5.74, 6) is 0.892. The summed E-state index contributed by atoms with van der Waals surface area (Å²) in [4.78, 5) is 0. The highest BCUT2D eigenvalue weighted by molar-refractivity contribution is 5.49. The second kappa shape index (κ2) is 5.93. The average molecular weight is 322 g/mol. The largest absolute Gasteiger partial charge is 0.497 e. The van der Waals surface area contributed by atoms with Gasteiger partial charge >= 0.3 is 0 Å². The van der Waals surface area contributed by atoms with Crippen LogP contribution in [0.15, 0.2) is 48.5 Å². The molecule has 0 N–H and O–H groups in total. The van der Waals surface area contributed by atoms with Gasteiger partial charge in [0, 0.05) is 0 Å². The van der Waals surface area contributed by atoms with Crippen molar-refractivity contribution in [3.05, 3.63) is 65.2 Å². The van der Waals surface area contributed by atoms with Gasteiger partial charge in [-0.3, -0.25) is 0 Å². The van der Waals surface area contributed by atoms with Gasteiger partial charge in [0.1, 0.15) is 11.4 Å². The van der Waals surface area contributed by atoms with Gasteiger partial charge < -0.3 is 9.47 Å². The molecule has 1 heterocycles. The summed E-state index contributed by atoms with van der Waals surface area (Å²) in [5.41, 5.74) is 3.59. The van der Waals surface area contributed by atoms with Gasteiger partial charge in [-0.05, 0) is 48.1 Å². The molecule has 2 nitrogen and oxygen atoms in total. The molecule has 2 heteroatoms. The fourth-order valence-corrected chi connectivity index (χ4v) is 4.71. The summed E-state index contributed by atoms with van der Waals surface area (Å²) in [6, 6.07) is 17.3. The van der Waals surface area contributed by atoms with E-state index in [-0.39, 0.29) is 11.2 Å². The molecular weight excluding hydrogens is 296 g/mol. The third-order valence-electron chi connectivity index (χ3n) is 5.94. The van der Waals surface area contributed by atoms with Crippen molar-refractivity contribution in [2.24, 2.45) is 0 Å². The molecular formula is C22H26O2. The monoisotopic (exact) mass is 322 g/mol. The first-order valence-corrected chi connectivity index (χ1v) is 9.19. The van der Waals surface area contributed by atoms with Crippen LogP contribution in [0.4, 0.5) is 0 Å². The molecule has 0 aromatic heterocycles. The normalized spacial score (nSPS) is 24.8. The Bertz CT molecular complexity index is 713. The van der Waals surface area contributed by atoms with E-state index < -0.39 is 0 Å². The maximum Gasteiger partial charge on any atom is 0.119 e. The molecule has 2 aromatic carbocycles. The van der Waals surface area contributed by atoms with Crippen LogP contribution in [0.25, 0.3) is 0 Å². The Kier molecular flexibility index (Phi) is 3.88. The van der Waals surface area contributed by atoms with Crippen molar-refractivity contribution in [2.45, 2.75) is 56.7 Å². The van der Waals surface area contributed by atoms with Crippen LogP contribution < -0.4 is 4.74 Å². The van der Waals surface area contributed by atoms with E-state index in [9.17, 15) is 0 Å². The van der Waals surface area contributed by atoms with Gasteiger partial charge in [0.25, 0.3) is 0 Å². The topological polar surface area (TPSA) is 18.5 Å². The maximum atomic E-state index is 7.02. The first-order valence-electron chi connectivity index (χ1n) is 9.19. The lowest BCUT2D eigenvalue weighted by Crippen LogP contribution is -2.34. The lowest BCUT2D eigenvalue weighted by atomic mass is 9.77. The van der Waals surface area contributed by atoms with Crippen LogP contribution in [0.3, 0.4) is 0 Å². The molecule has 0 radical (unpaired) electrons. The quantitative estimate of drug-likeness (QED) is 0.739. The van der Waals surface area contributed by atoms with Crippen molar-refractivity contribution in [3.8, 4) is 5.75 Å². The Morgan fingerprint density at radius 3 is 2.21 bits per heavy atom. The molecule has 1 unspecified atom stereocenters. The van der Waals surface area contributed by atoms with Gasteiger partial charge in [-0.15, -0.1) is 0 Å². The Morgan fingerprint density at radius 1 is 0.917 bits per heavy atom. The molecule has 2 aromatic rings. The molecule has 1 fully saturated rings. The highest BCUT2D eigenvalue weighted by atomic mass is 16.5. The lowest BCUT2D eigenvalue weighted by molar-refractivity contribution is -0.141. The predicted molar refractivity (Wildman–Crippen MR) is 96.4 cm³/mol. The number of benzene rings is 2. The molecule has 1 saturated carbocycles. The second-order valence-electron chi connectivity index (χ2n) is 7.11. The van der Waals surface area contributed by atoms with E-state index in [1.165, 1.54) is 36.0 Å². The van der Waals surface area contributed by atoms with Gasteiger partial charge in [0.05, 0.1) is 12.7 Å². The van der Waals surface area contributed by atoms with Crippen LogP contribution in [-0.2, 0) is 15.9 Å². The Balaban J connectivity index is 1.86. The van der Waals surface area contributed by atoms with Crippen LogP contribution in [0.1, 0.15) is 62.1 Å². The van der Waals surface area contributed by atoms with Crippen LogP contribution in [0.2, 0.25) is 0 Å². The molecule has 2 aliphatic rings. The molecule has 0 amide bonds. The fraction of sp³-hybridized carbons (Fsp3) is 0.455. The first-order chi connectivity index (χ1) is 11.7. The first kappa shape index (κ1) is 15.7. The standard InChI is InChI=1S/C22H26O2/c1-3-22(17-11-13-18(23-2)14-12-17)20-10-6-5-9-19(20)21(24-22)15-7-4-8-16-21/h5-6,9-14H,3-4,7-8,15-16H2,1-2H3. The molecule has 1 aliphatic carbocycles. The highest BCUT2D eigenvalue weighted by Crippen LogP contribution is 2.57. The zero-order chi connectivity index (χ0) is 16.6. The highest BCUT2D eigenvalue weighted by Gasteiger charge is 2.53. The Morgan fingerprint density at radius 2 is 1.58 bits per heavy atom. The third-order valence-corrected chi connectivity index (χ3v) is 5.94. The van der Waals surface area contributed by atoms with E-state index in [0.717, 1.165) is 25.0 Å². The van der Waals surface area contributed by atoms with Crippen LogP contribution in [-0.4, -0.2) is 7.11 Å². The summed E-state index contributed by atoms with van der Waals surface area (Å²) in [6.45, 7) is 2.24. The molecule has 1 spiro atoms. The molecule has 1 atom stereocenters. The molecule has 0 saturated heterocycles. The zero-order valence-corrected chi connectivity index (χ0v) is 14.7. The minimum atomic E-state index is -0.333. The fourth-order valence-electron chi connectivity index (χ4n) is 4.71. The number of ether oxygens (including phenoxy) is 2. The maximum absolute atomic E-state index is 7.02. The van der Waals surface area contributed by atoms with E-state index in [0.29, 0.717) is 0 Å². The predicted octanol–water partition coefficient (Wildman–Crippen LogP) is 5.54. The smallest absolute Gasteiger partial charge is 0.119 e. The summed E-state index contributed by atoms with van der Waals surface area (Å²) in [7, 11) is 1.71. The van der Waals surface area contributed by atoms with Crippen molar-refractivity contribution in [2.75, 3.05) is 7.11 Å². The summed E-state index contributed by atoms with van der Waals surface area (Å²) in [6.07, 6.45) is 7.07. The molecule has 126 valence electrons. The van der Waals surface area contributed by atoms with E-state index in [1.807, 2.05) is 12.1 Å². The van der Waals surface area contributed by atoms with Gasteiger partial charge in [-0.2, -0.15) is 0 Å². The van der Waals surface area contributed by atoms with Crippen molar-refractivity contribution in [3.63, 3.8) is 0 Å². The van der Waals surface area contributed by atoms with Gasteiger partial charge in [0.15, 0.2) is 0 Å². The molecule has 4 rings (SSSR count). The van der Waals surface area contributed by atoms with Gasteiger partial charge in [-0.1, -0.05) is 62.6 Å². The summed E-state index contributed by atoms with van der Waals surface area (Å²) >= 11 is 0. The van der Waals surface area contributed by atoms with Gasteiger partial charge in [-0.25, -0.2) is 0 Å². The third kappa shape index (κ3) is 2.20. The minimum Gasteiger partial charge on any atom is -0.497 e. The van der Waals surface area contributed by atoms with Crippen molar-refractivity contribution >= 4 is 0 Å². The van der Waals surface area contributed by atoms with Crippen molar-refractivity contribution in [1.82, 2.24) is 0 Å². The molecule has 0 bridgehead atoms. The number of fused-ring (bicyclic) bond motifs is 2. The summed E-state index contributed by atoms with van der Waals surface area (Å²) < 4.78 is 12.4. The average Bonchev–Trinajstić information content (AvgIpc) is 2.93. The van der Waals surface area contributed by atoms with E-state index in [1.54, 1.807) is 7.11 Å². The van der Waals surface area contributed by atoms with Gasteiger partial charge in [0.2, 0.25) is 0 Å². The van der Waals surface area contributed by atoms with Crippen LogP contribution >= 0.6 is 0 Å².